The minimum absolute atomic E-state index is 0. The molecule has 0 aliphatic heterocycles. The quantitative estimate of drug-likeness (QED) is 0.273. The predicted octanol–water partition coefficient (Wildman–Crippen LogP) is -1.85. The Balaban J connectivity index is -0.000000295. The molecule has 0 saturated heterocycles. The molecule has 11 heteroatoms. The first kappa shape index (κ1) is 25.4. The van der Waals surface area contributed by atoms with Crippen molar-refractivity contribution in [1.82, 2.24) is 0 Å². The molecule has 0 aromatic rings. The van der Waals surface area contributed by atoms with Gasteiger partial charge in [-0.2, -0.15) is 0 Å². The monoisotopic (exact) mass is 333 g/mol. The van der Waals surface area contributed by atoms with E-state index >= 15 is 0 Å². The molecule has 0 fully saturated rings. The Morgan fingerprint density at radius 2 is 0.952 bits per heavy atom. The Kier molecular flexibility index (Phi) is 17.4. The fraction of sp³-hybridized carbons (Fsp3) is 0.600. The molecule has 0 saturated carbocycles. The van der Waals surface area contributed by atoms with Crippen molar-refractivity contribution in [1.29, 1.82) is 0 Å². The molecule has 0 unspecified atom stereocenters. The summed E-state index contributed by atoms with van der Waals surface area (Å²) in [5, 5.41) is 32.5. The van der Waals surface area contributed by atoms with Crippen LogP contribution in [0.4, 0.5) is 0 Å². The Labute approximate surface area is 162 Å². The minimum atomic E-state index is -1.17. The maximum atomic E-state index is 9.99. The van der Waals surface area contributed by atoms with Crippen molar-refractivity contribution in [3.8, 4) is 0 Å². The summed E-state index contributed by atoms with van der Waals surface area (Å²) in [6.45, 7) is 0. The molecule has 0 spiro atoms. The van der Waals surface area contributed by atoms with Crippen LogP contribution in [0.15, 0.2) is 0 Å². The largest absolute Gasteiger partial charge is 0.481 e. The van der Waals surface area contributed by atoms with Crippen LogP contribution in [0.5, 0.6) is 0 Å². The van der Waals surface area contributed by atoms with Gasteiger partial charge in [0.25, 0.3) is 0 Å². The van der Waals surface area contributed by atoms with Gasteiger partial charge in [-0.1, -0.05) is 0 Å². The van der Waals surface area contributed by atoms with Crippen LogP contribution in [0, 0.1) is 0 Å². The van der Waals surface area contributed by atoms with Gasteiger partial charge in [0.15, 0.2) is 0 Å². The number of carboxylic acids is 4. The minimum Gasteiger partial charge on any atom is -0.481 e. The van der Waals surface area contributed by atoms with E-state index in [1.807, 2.05) is 0 Å². The summed E-state index contributed by atoms with van der Waals surface area (Å²) in [7, 11) is 0. The summed E-state index contributed by atoms with van der Waals surface area (Å²) in [4.78, 5) is 39.7. The molecule has 21 heavy (non-hydrogen) atoms. The van der Waals surface area contributed by atoms with Crippen molar-refractivity contribution >= 4 is 75.3 Å². The zero-order valence-electron chi connectivity index (χ0n) is 11.6. The number of hydrogen-bond donors (Lipinski definition) is 6. The van der Waals surface area contributed by atoms with Crippen LogP contribution >= 0.6 is 0 Å². The van der Waals surface area contributed by atoms with Gasteiger partial charge in [-0.3, -0.25) is 19.2 Å². The molecule has 10 nitrogen and oxygen atoms in total. The molecule has 0 aliphatic carbocycles. The number of carboxylic acid groups (broad SMARTS) is 4. The molecule has 0 aromatic heterocycles. The molecule has 1 radical (unpaired) electrons. The Morgan fingerprint density at radius 3 is 1.10 bits per heavy atom. The van der Waals surface area contributed by atoms with Crippen LogP contribution < -0.4 is 11.5 Å². The molecule has 0 aromatic carbocycles. The van der Waals surface area contributed by atoms with Crippen LogP contribution in [0.3, 0.4) is 0 Å². The Morgan fingerprint density at radius 1 is 0.714 bits per heavy atom. The molecular formula is C10H18KN2O8. The summed E-state index contributed by atoms with van der Waals surface area (Å²) >= 11 is 0. The van der Waals surface area contributed by atoms with Crippen LogP contribution in [-0.2, 0) is 19.2 Å². The second-order valence-electron chi connectivity index (χ2n) is 3.75. The summed E-state index contributed by atoms with van der Waals surface area (Å²) < 4.78 is 0. The first-order valence-corrected chi connectivity index (χ1v) is 5.48. The first-order chi connectivity index (χ1) is 9.07. The zero-order valence-corrected chi connectivity index (χ0v) is 14.7. The average Bonchev–Trinajstić information content (AvgIpc) is 2.33. The van der Waals surface area contributed by atoms with E-state index in [1.54, 1.807) is 0 Å². The van der Waals surface area contributed by atoms with Gasteiger partial charge in [-0.15, -0.1) is 0 Å². The first-order valence-electron chi connectivity index (χ1n) is 5.48. The number of rotatable bonds is 8. The fourth-order valence-electron chi connectivity index (χ4n) is 0.805. The number of aliphatic carboxylic acids is 4. The standard InChI is InChI=1S/2C5H9NO4.K/c2*6-3(5(9)10)1-2-4(7)8;/h2*3H,1-2,6H2,(H,7,8)(H,9,10);/t2*3-;/m00./s1. The molecule has 0 aliphatic rings. The van der Waals surface area contributed by atoms with Crippen LogP contribution in [0.25, 0.3) is 0 Å². The third-order valence-electron chi connectivity index (χ3n) is 1.97. The van der Waals surface area contributed by atoms with Gasteiger partial charge in [-0.05, 0) is 12.8 Å². The zero-order chi connectivity index (χ0) is 16.3. The topological polar surface area (TPSA) is 201 Å². The Bertz CT molecular complexity index is 329. The summed E-state index contributed by atoms with van der Waals surface area (Å²) in [6.07, 6.45) is -0.448. The van der Waals surface area contributed by atoms with E-state index in [4.69, 9.17) is 31.9 Å². The van der Waals surface area contributed by atoms with Crippen LogP contribution in [-0.4, -0.2) is 108 Å². The van der Waals surface area contributed by atoms with Crippen molar-refractivity contribution in [2.45, 2.75) is 37.8 Å². The SMILES string of the molecule is N[C@@H](CCC(=O)O)C(=O)O.N[C@@H](CCC(=O)O)C(=O)O.[K]. The fourth-order valence-corrected chi connectivity index (χ4v) is 0.805. The van der Waals surface area contributed by atoms with Crippen molar-refractivity contribution in [3.05, 3.63) is 0 Å². The van der Waals surface area contributed by atoms with E-state index in [1.165, 1.54) is 0 Å². The average molecular weight is 333 g/mol. The van der Waals surface area contributed by atoms with Crippen LogP contribution in [0.2, 0.25) is 0 Å². The third kappa shape index (κ3) is 19.4. The molecule has 0 rings (SSSR count). The molecule has 0 heterocycles. The van der Waals surface area contributed by atoms with Gasteiger partial charge in [0.1, 0.15) is 12.1 Å². The predicted molar refractivity (Wildman–Crippen MR) is 70.7 cm³/mol. The van der Waals surface area contributed by atoms with Gasteiger partial charge in [-0.25, -0.2) is 0 Å². The smallest absolute Gasteiger partial charge is 0.320 e. The molecular weight excluding hydrogens is 315 g/mol. The maximum absolute atomic E-state index is 9.99. The van der Waals surface area contributed by atoms with Gasteiger partial charge in [0.05, 0.1) is 0 Å². The van der Waals surface area contributed by atoms with E-state index in [2.05, 4.69) is 0 Å². The van der Waals surface area contributed by atoms with Crippen molar-refractivity contribution in [3.63, 3.8) is 0 Å². The normalized spacial score (nSPS) is 11.9. The molecule has 0 bridgehead atoms. The van der Waals surface area contributed by atoms with Crippen molar-refractivity contribution in [2.75, 3.05) is 0 Å². The number of carbonyl (C=O) groups is 4. The van der Waals surface area contributed by atoms with E-state index < -0.39 is 36.0 Å². The summed E-state index contributed by atoms with van der Waals surface area (Å²) in [6, 6.07) is -2.12. The van der Waals surface area contributed by atoms with E-state index in [0.29, 0.717) is 0 Å². The molecule has 0 amide bonds. The molecule has 117 valence electrons. The second-order valence-corrected chi connectivity index (χ2v) is 3.75. The van der Waals surface area contributed by atoms with Gasteiger partial charge in [0, 0.05) is 64.2 Å². The number of hydrogen-bond acceptors (Lipinski definition) is 6. The van der Waals surface area contributed by atoms with E-state index in [0.717, 1.165) is 0 Å². The van der Waals surface area contributed by atoms with Gasteiger partial charge < -0.3 is 31.9 Å². The van der Waals surface area contributed by atoms with Gasteiger partial charge >= 0.3 is 23.9 Å². The number of nitrogens with two attached hydrogens (primary N) is 2. The van der Waals surface area contributed by atoms with Crippen molar-refractivity contribution in [2.24, 2.45) is 11.5 Å². The van der Waals surface area contributed by atoms with Crippen molar-refractivity contribution < 1.29 is 39.6 Å². The molecule has 2 atom stereocenters. The maximum Gasteiger partial charge on any atom is 0.320 e. The van der Waals surface area contributed by atoms with E-state index in [9.17, 15) is 19.2 Å². The summed E-state index contributed by atoms with van der Waals surface area (Å²) in [5.41, 5.74) is 10.0. The third-order valence-corrected chi connectivity index (χ3v) is 1.97. The molecule has 8 N–H and O–H groups in total. The van der Waals surface area contributed by atoms with E-state index in [-0.39, 0.29) is 77.1 Å². The summed E-state index contributed by atoms with van der Waals surface area (Å²) in [5.74, 6) is -4.39. The second kappa shape index (κ2) is 14.4. The van der Waals surface area contributed by atoms with Crippen LogP contribution in [0.1, 0.15) is 25.7 Å². The Hall–Kier alpha value is -0.564. The van der Waals surface area contributed by atoms with Gasteiger partial charge in [0.2, 0.25) is 0 Å².